The Bertz CT molecular complexity index is 598. The predicted molar refractivity (Wildman–Crippen MR) is 83.4 cm³/mol. The average molecular weight is 381 g/mol. The Morgan fingerprint density at radius 2 is 1.76 bits per heavy atom. The third-order valence-electron chi connectivity index (χ3n) is 2.63. The number of nitrogens with zero attached hydrogens (tertiary/aromatic N) is 1. The van der Waals surface area contributed by atoms with Gasteiger partial charge < -0.3 is 9.32 Å². The number of amides is 1. The fourth-order valence-electron chi connectivity index (χ4n) is 1.93. The van der Waals surface area contributed by atoms with E-state index in [1.165, 1.54) is 0 Å². The summed E-state index contributed by atoms with van der Waals surface area (Å²) in [6.07, 6.45) is 0. The molecule has 0 fully saturated rings. The number of sulfonamides is 1. The predicted octanol–water partition coefficient (Wildman–Crippen LogP) is 2.44. The van der Waals surface area contributed by atoms with E-state index in [-0.39, 0.29) is 21.2 Å². The summed E-state index contributed by atoms with van der Waals surface area (Å²) in [5.41, 5.74) is 0. The number of hydrogen-bond donors (Lipinski definition) is 1. The molecule has 0 bridgehead atoms. The molecule has 0 unspecified atom stereocenters. The monoisotopic (exact) mass is 380 g/mol. The van der Waals surface area contributed by atoms with Crippen molar-refractivity contribution in [2.45, 2.75) is 32.6 Å². The molecule has 0 spiro atoms. The van der Waals surface area contributed by atoms with E-state index < -0.39 is 10.0 Å². The van der Waals surface area contributed by atoms with Crippen molar-refractivity contribution in [2.24, 2.45) is 17.0 Å². The van der Waals surface area contributed by atoms with Crippen molar-refractivity contribution in [3.63, 3.8) is 0 Å². The topological polar surface area (TPSA) is 93.6 Å². The van der Waals surface area contributed by atoms with E-state index in [1.54, 1.807) is 4.90 Å². The van der Waals surface area contributed by atoms with Crippen LogP contribution in [0.4, 0.5) is 0 Å². The fraction of sp³-hybridized carbons (Fsp3) is 0.615. The van der Waals surface area contributed by atoms with Crippen LogP contribution in [0.1, 0.15) is 38.2 Å². The summed E-state index contributed by atoms with van der Waals surface area (Å²) in [4.78, 5) is 13.9. The number of nitrogens with two attached hydrogens (primary N) is 1. The minimum Gasteiger partial charge on any atom is -0.443 e. The molecule has 21 heavy (non-hydrogen) atoms. The summed E-state index contributed by atoms with van der Waals surface area (Å²) in [5.74, 6) is 0.216. The number of carbonyl (C=O) groups excluding carboxylic acids is 1. The molecule has 0 aliphatic carbocycles. The van der Waals surface area contributed by atoms with Gasteiger partial charge in [0, 0.05) is 19.2 Å². The van der Waals surface area contributed by atoms with E-state index in [0.29, 0.717) is 24.9 Å². The second-order valence-corrected chi connectivity index (χ2v) is 8.04. The van der Waals surface area contributed by atoms with Crippen molar-refractivity contribution in [3.8, 4) is 0 Å². The zero-order valence-electron chi connectivity index (χ0n) is 12.6. The standard InChI is InChI=1S/C13H21BrN2O4S/c1-8(2)6-16(7-9(3)4)13(17)10-5-11(12(14)20-10)21(15,18)19/h5,8-9H,6-7H2,1-4H3,(H2,15,18,19). The maximum Gasteiger partial charge on any atom is 0.289 e. The molecule has 1 rings (SSSR count). The molecule has 1 aromatic rings. The van der Waals surface area contributed by atoms with Crippen LogP contribution in [0.15, 0.2) is 20.0 Å². The highest BCUT2D eigenvalue weighted by atomic mass is 79.9. The lowest BCUT2D eigenvalue weighted by molar-refractivity contribution is 0.0681. The van der Waals surface area contributed by atoms with Crippen LogP contribution in [0, 0.1) is 11.8 Å². The fourth-order valence-corrected chi connectivity index (χ4v) is 3.43. The van der Waals surface area contributed by atoms with Crippen molar-refractivity contribution in [2.75, 3.05) is 13.1 Å². The van der Waals surface area contributed by atoms with E-state index in [0.717, 1.165) is 6.07 Å². The number of halogens is 1. The van der Waals surface area contributed by atoms with Crippen LogP contribution in [-0.4, -0.2) is 32.3 Å². The smallest absolute Gasteiger partial charge is 0.289 e. The summed E-state index contributed by atoms with van der Waals surface area (Å²) in [6, 6.07) is 1.16. The average Bonchev–Trinajstić information content (AvgIpc) is 2.68. The van der Waals surface area contributed by atoms with Crippen LogP contribution in [0.2, 0.25) is 0 Å². The third-order valence-corrected chi connectivity index (χ3v) is 4.40. The Labute approximate surface area is 133 Å². The molecular formula is C13H21BrN2O4S. The molecule has 0 aliphatic rings. The lowest BCUT2D eigenvalue weighted by atomic mass is 10.1. The number of carbonyl (C=O) groups is 1. The van der Waals surface area contributed by atoms with Gasteiger partial charge in [-0.15, -0.1) is 0 Å². The van der Waals surface area contributed by atoms with Gasteiger partial charge >= 0.3 is 0 Å². The molecule has 1 heterocycles. The van der Waals surface area contributed by atoms with Gasteiger partial charge in [0.15, 0.2) is 10.4 Å². The molecule has 8 heteroatoms. The van der Waals surface area contributed by atoms with Gasteiger partial charge in [0.05, 0.1) is 0 Å². The molecule has 1 aromatic heterocycles. The lowest BCUT2D eigenvalue weighted by Gasteiger charge is -2.25. The van der Waals surface area contributed by atoms with Gasteiger partial charge in [0.25, 0.3) is 5.91 Å². The van der Waals surface area contributed by atoms with Gasteiger partial charge in [-0.3, -0.25) is 4.79 Å². The van der Waals surface area contributed by atoms with Crippen molar-refractivity contribution in [1.29, 1.82) is 0 Å². The number of rotatable bonds is 6. The Morgan fingerprint density at radius 3 is 2.10 bits per heavy atom. The van der Waals surface area contributed by atoms with Crippen LogP contribution in [0.3, 0.4) is 0 Å². The first-order chi connectivity index (χ1) is 9.52. The van der Waals surface area contributed by atoms with Crippen LogP contribution in [0.25, 0.3) is 0 Å². The summed E-state index contributed by atoms with van der Waals surface area (Å²) in [7, 11) is -3.93. The molecule has 0 aromatic carbocycles. The van der Waals surface area contributed by atoms with Crippen LogP contribution >= 0.6 is 15.9 Å². The molecule has 0 atom stereocenters. The largest absolute Gasteiger partial charge is 0.443 e. The lowest BCUT2D eigenvalue weighted by Crippen LogP contribution is -2.36. The van der Waals surface area contributed by atoms with Crippen LogP contribution < -0.4 is 5.14 Å². The summed E-state index contributed by atoms with van der Waals surface area (Å²) in [5, 5.41) is 5.07. The Balaban J connectivity index is 3.09. The van der Waals surface area contributed by atoms with Gasteiger partial charge in [-0.25, -0.2) is 13.6 Å². The van der Waals surface area contributed by atoms with E-state index in [9.17, 15) is 13.2 Å². The Morgan fingerprint density at radius 1 is 1.29 bits per heavy atom. The maximum absolute atomic E-state index is 12.5. The van der Waals surface area contributed by atoms with E-state index in [2.05, 4.69) is 15.9 Å². The normalized spacial score (nSPS) is 12.2. The third kappa shape index (κ3) is 5.12. The molecule has 2 N–H and O–H groups in total. The number of furan rings is 1. The minimum absolute atomic E-state index is 0.0350. The van der Waals surface area contributed by atoms with Gasteiger partial charge in [-0.05, 0) is 27.8 Å². The van der Waals surface area contributed by atoms with Crippen molar-refractivity contribution >= 4 is 31.9 Å². The number of primary sulfonamides is 1. The van der Waals surface area contributed by atoms with Crippen molar-refractivity contribution in [3.05, 3.63) is 16.5 Å². The molecule has 0 saturated carbocycles. The first-order valence-electron chi connectivity index (χ1n) is 6.63. The van der Waals surface area contributed by atoms with Crippen LogP contribution in [0.5, 0.6) is 0 Å². The molecule has 120 valence electrons. The van der Waals surface area contributed by atoms with Crippen molar-refractivity contribution in [1.82, 2.24) is 4.90 Å². The number of hydrogen-bond acceptors (Lipinski definition) is 4. The first kappa shape index (κ1) is 18.2. The zero-order chi connectivity index (χ0) is 16.4. The SMILES string of the molecule is CC(C)CN(CC(C)C)C(=O)c1cc(S(N)(=O)=O)c(Br)o1. The molecule has 0 aliphatic heterocycles. The molecule has 0 radical (unpaired) electrons. The molecule has 0 saturated heterocycles. The van der Waals surface area contributed by atoms with Gasteiger partial charge in [-0.1, -0.05) is 27.7 Å². The molecule has 6 nitrogen and oxygen atoms in total. The summed E-state index contributed by atoms with van der Waals surface area (Å²) < 4.78 is 27.9. The summed E-state index contributed by atoms with van der Waals surface area (Å²) >= 11 is 2.98. The molecule has 1 amide bonds. The van der Waals surface area contributed by atoms with E-state index in [4.69, 9.17) is 9.56 Å². The second kappa shape index (κ2) is 6.93. The van der Waals surface area contributed by atoms with Crippen molar-refractivity contribution < 1.29 is 17.6 Å². The summed E-state index contributed by atoms with van der Waals surface area (Å²) in [6.45, 7) is 9.17. The first-order valence-corrected chi connectivity index (χ1v) is 8.97. The highest BCUT2D eigenvalue weighted by molar-refractivity contribution is 9.10. The minimum atomic E-state index is -3.93. The maximum atomic E-state index is 12.5. The zero-order valence-corrected chi connectivity index (χ0v) is 15.0. The highest BCUT2D eigenvalue weighted by Crippen LogP contribution is 2.26. The van der Waals surface area contributed by atoms with Crippen LogP contribution in [-0.2, 0) is 10.0 Å². The quantitative estimate of drug-likeness (QED) is 0.819. The van der Waals surface area contributed by atoms with Gasteiger partial charge in [-0.2, -0.15) is 0 Å². The van der Waals surface area contributed by atoms with Gasteiger partial charge in [0.2, 0.25) is 10.0 Å². The Hall–Kier alpha value is -0.860. The highest BCUT2D eigenvalue weighted by Gasteiger charge is 2.26. The van der Waals surface area contributed by atoms with E-state index >= 15 is 0 Å². The Kier molecular flexibility index (Phi) is 6.01. The second-order valence-electron chi connectivity index (χ2n) is 5.79. The van der Waals surface area contributed by atoms with Gasteiger partial charge in [0.1, 0.15) is 4.90 Å². The molecular weight excluding hydrogens is 360 g/mol. The van der Waals surface area contributed by atoms with E-state index in [1.807, 2.05) is 27.7 Å².